The zero-order chi connectivity index (χ0) is 10.3. The Morgan fingerprint density at radius 3 is 2.38 bits per heavy atom. The molecule has 3 nitrogen and oxygen atoms in total. The van der Waals surface area contributed by atoms with E-state index in [2.05, 4.69) is 10.3 Å². The third kappa shape index (κ3) is 2.93. The van der Waals surface area contributed by atoms with Gasteiger partial charge in [0.25, 0.3) is 0 Å². The lowest BCUT2D eigenvalue weighted by atomic mass is 10.2. The summed E-state index contributed by atoms with van der Waals surface area (Å²) < 4.78 is 5.08. The van der Waals surface area contributed by atoms with E-state index in [0.29, 0.717) is 0 Å². The van der Waals surface area contributed by atoms with Gasteiger partial charge in [0.05, 0.1) is 25.2 Å². The fourth-order valence-electron chi connectivity index (χ4n) is 0.964. The first-order chi connectivity index (χ1) is 6.29. The second-order valence-corrected chi connectivity index (χ2v) is 2.26. The molecule has 0 aliphatic heterocycles. The lowest BCUT2D eigenvalue weighted by molar-refractivity contribution is 0.410. The molecule has 3 heteroatoms. The molecule has 0 saturated heterocycles. The number of anilines is 1. The summed E-state index contributed by atoms with van der Waals surface area (Å²) in [5.74, 6) is 0.817. The number of nitrogens with one attached hydrogen (secondary N) is 1. The van der Waals surface area contributed by atoms with Crippen molar-refractivity contribution in [3.63, 3.8) is 0 Å². The molecule has 13 heavy (non-hydrogen) atoms. The van der Waals surface area contributed by atoms with Crippen LogP contribution < -0.4 is 10.1 Å². The zero-order valence-corrected chi connectivity index (χ0v) is 9.01. The number of methoxy groups -OCH3 is 1. The third-order valence-electron chi connectivity index (χ3n) is 1.66. The number of hydrogen-bond acceptors (Lipinski definition) is 3. The summed E-state index contributed by atoms with van der Waals surface area (Å²) in [5, 5.41) is 3.03. The van der Waals surface area contributed by atoms with Gasteiger partial charge in [-0.1, -0.05) is 13.8 Å². The molecule has 0 fully saturated rings. The second-order valence-electron chi connectivity index (χ2n) is 2.26. The van der Waals surface area contributed by atoms with Crippen LogP contribution in [0.5, 0.6) is 5.75 Å². The molecule has 1 N–H and O–H groups in total. The summed E-state index contributed by atoms with van der Waals surface area (Å²) in [6, 6.07) is 0. The molecular formula is C10H18N2O. The summed E-state index contributed by atoms with van der Waals surface area (Å²) in [6.07, 6.45) is 3.48. The summed E-state index contributed by atoms with van der Waals surface area (Å²) in [5.41, 5.74) is 2.09. The van der Waals surface area contributed by atoms with Crippen molar-refractivity contribution in [2.75, 3.05) is 19.5 Å². The fraction of sp³-hybridized carbons (Fsp3) is 0.500. The lowest BCUT2D eigenvalue weighted by Gasteiger charge is -2.07. The minimum absolute atomic E-state index is 0.817. The number of hydrogen-bond donors (Lipinski definition) is 1. The quantitative estimate of drug-likeness (QED) is 0.763. The molecule has 1 rings (SSSR count). The Morgan fingerprint density at radius 2 is 1.92 bits per heavy atom. The number of nitrogens with zero attached hydrogens (tertiary/aromatic N) is 1. The molecule has 0 aromatic carbocycles. The molecule has 1 aromatic rings. The van der Waals surface area contributed by atoms with Crippen molar-refractivity contribution in [2.45, 2.75) is 20.8 Å². The number of pyridine rings is 1. The topological polar surface area (TPSA) is 34.2 Å². The maximum atomic E-state index is 5.08. The highest BCUT2D eigenvalue weighted by atomic mass is 16.5. The predicted molar refractivity (Wildman–Crippen MR) is 56.4 cm³/mol. The maximum absolute atomic E-state index is 5.08. The van der Waals surface area contributed by atoms with Gasteiger partial charge in [-0.15, -0.1) is 0 Å². The largest absolute Gasteiger partial charge is 0.495 e. The second kappa shape index (κ2) is 6.29. The summed E-state index contributed by atoms with van der Waals surface area (Å²) in [6.45, 7) is 5.99. The van der Waals surface area contributed by atoms with Crippen molar-refractivity contribution in [1.82, 2.24) is 4.98 Å². The first-order valence-corrected chi connectivity index (χ1v) is 4.46. The van der Waals surface area contributed by atoms with E-state index in [1.807, 2.05) is 27.8 Å². The van der Waals surface area contributed by atoms with Crippen molar-refractivity contribution in [3.8, 4) is 5.75 Å². The van der Waals surface area contributed by atoms with E-state index in [1.165, 1.54) is 0 Å². The Morgan fingerprint density at radius 1 is 1.31 bits per heavy atom. The molecule has 0 bridgehead atoms. The van der Waals surface area contributed by atoms with Crippen LogP contribution in [0.2, 0.25) is 0 Å². The van der Waals surface area contributed by atoms with Crippen LogP contribution in [-0.4, -0.2) is 19.1 Å². The molecule has 0 atom stereocenters. The van der Waals surface area contributed by atoms with Gasteiger partial charge in [-0.25, -0.2) is 0 Å². The van der Waals surface area contributed by atoms with Crippen LogP contribution in [0.15, 0.2) is 12.4 Å². The van der Waals surface area contributed by atoms with Crippen LogP contribution in [-0.2, 0) is 0 Å². The number of ether oxygens (including phenoxy) is 1. The van der Waals surface area contributed by atoms with Gasteiger partial charge in [-0.05, 0) is 6.92 Å². The van der Waals surface area contributed by atoms with Crippen molar-refractivity contribution >= 4 is 5.69 Å². The number of aromatic nitrogens is 1. The fourth-order valence-corrected chi connectivity index (χ4v) is 0.964. The highest BCUT2D eigenvalue weighted by Gasteiger charge is 2.01. The summed E-state index contributed by atoms with van der Waals surface area (Å²) in [4.78, 5) is 4.00. The van der Waals surface area contributed by atoms with Crippen LogP contribution in [0.1, 0.15) is 19.4 Å². The van der Waals surface area contributed by atoms with Gasteiger partial charge in [0.15, 0.2) is 0 Å². The Bertz CT molecular complexity index is 226. The smallest absolute Gasteiger partial charge is 0.142 e. The molecule has 0 radical (unpaired) electrons. The van der Waals surface area contributed by atoms with Gasteiger partial charge in [0, 0.05) is 12.6 Å². The van der Waals surface area contributed by atoms with Gasteiger partial charge in [-0.2, -0.15) is 0 Å². The zero-order valence-electron chi connectivity index (χ0n) is 9.01. The molecule has 74 valence electrons. The Labute approximate surface area is 80.1 Å². The van der Waals surface area contributed by atoms with Crippen LogP contribution in [0, 0.1) is 6.92 Å². The molecule has 0 amide bonds. The Balaban J connectivity index is 0.000000671. The lowest BCUT2D eigenvalue weighted by Crippen LogP contribution is -1.95. The van der Waals surface area contributed by atoms with E-state index in [1.54, 1.807) is 19.5 Å². The van der Waals surface area contributed by atoms with Crippen molar-refractivity contribution in [2.24, 2.45) is 0 Å². The average molecular weight is 182 g/mol. The highest BCUT2D eigenvalue weighted by molar-refractivity contribution is 5.53. The minimum Gasteiger partial charge on any atom is -0.495 e. The first-order valence-electron chi connectivity index (χ1n) is 4.46. The van der Waals surface area contributed by atoms with Crippen LogP contribution in [0.3, 0.4) is 0 Å². The van der Waals surface area contributed by atoms with Crippen LogP contribution in [0.4, 0.5) is 5.69 Å². The highest BCUT2D eigenvalue weighted by Crippen LogP contribution is 2.22. The maximum Gasteiger partial charge on any atom is 0.142 e. The molecule has 1 aromatic heterocycles. The summed E-state index contributed by atoms with van der Waals surface area (Å²) in [7, 11) is 3.51. The van der Waals surface area contributed by atoms with Gasteiger partial charge < -0.3 is 10.1 Å². The SMILES string of the molecule is CC.CNc1cncc(OC)c1C. The summed E-state index contributed by atoms with van der Waals surface area (Å²) >= 11 is 0. The molecule has 0 aliphatic carbocycles. The van der Waals surface area contributed by atoms with E-state index in [0.717, 1.165) is 17.0 Å². The van der Waals surface area contributed by atoms with E-state index in [4.69, 9.17) is 4.74 Å². The van der Waals surface area contributed by atoms with Gasteiger partial charge in [0.2, 0.25) is 0 Å². The molecular weight excluding hydrogens is 164 g/mol. The molecule has 0 aliphatic rings. The van der Waals surface area contributed by atoms with Crippen LogP contribution >= 0.6 is 0 Å². The van der Waals surface area contributed by atoms with Crippen molar-refractivity contribution in [1.29, 1.82) is 0 Å². The number of rotatable bonds is 2. The van der Waals surface area contributed by atoms with Gasteiger partial charge in [0.1, 0.15) is 5.75 Å². The van der Waals surface area contributed by atoms with Crippen LogP contribution in [0.25, 0.3) is 0 Å². The van der Waals surface area contributed by atoms with E-state index in [-0.39, 0.29) is 0 Å². The Hall–Kier alpha value is -1.25. The van der Waals surface area contributed by atoms with E-state index >= 15 is 0 Å². The predicted octanol–water partition coefficient (Wildman–Crippen LogP) is 2.47. The monoisotopic (exact) mass is 182 g/mol. The van der Waals surface area contributed by atoms with E-state index < -0.39 is 0 Å². The van der Waals surface area contributed by atoms with Crippen molar-refractivity contribution in [3.05, 3.63) is 18.0 Å². The standard InChI is InChI=1S/C8H12N2O.C2H6/c1-6-7(9-2)4-10-5-8(6)11-3;1-2/h4-5,9H,1-3H3;1-2H3. The molecule has 0 spiro atoms. The van der Waals surface area contributed by atoms with Gasteiger partial charge >= 0.3 is 0 Å². The normalized spacial score (nSPS) is 8.38. The molecule has 1 heterocycles. The average Bonchev–Trinajstić information content (AvgIpc) is 2.21. The first kappa shape index (κ1) is 11.8. The minimum atomic E-state index is 0.817. The van der Waals surface area contributed by atoms with Crippen molar-refractivity contribution < 1.29 is 4.74 Å². The van der Waals surface area contributed by atoms with E-state index in [9.17, 15) is 0 Å². The molecule has 0 unspecified atom stereocenters. The molecule has 0 saturated carbocycles. The third-order valence-corrected chi connectivity index (χ3v) is 1.66. The Kier molecular flexibility index (Phi) is 5.68. The van der Waals surface area contributed by atoms with Gasteiger partial charge in [-0.3, -0.25) is 4.98 Å².